The van der Waals surface area contributed by atoms with Crippen LogP contribution in [0.5, 0.6) is 0 Å². The highest BCUT2D eigenvalue weighted by Crippen LogP contribution is 2.26. The van der Waals surface area contributed by atoms with E-state index in [2.05, 4.69) is 26.6 Å². The van der Waals surface area contributed by atoms with Crippen molar-refractivity contribution in [2.24, 2.45) is 5.92 Å². The molecule has 0 saturated carbocycles. The lowest BCUT2D eigenvalue weighted by Crippen LogP contribution is -2.36. The van der Waals surface area contributed by atoms with Crippen molar-refractivity contribution in [3.8, 4) is 0 Å². The Morgan fingerprint density at radius 1 is 1.35 bits per heavy atom. The molecule has 0 fully saturated rings. The van der Waals surface area contributed by atoms with E-state index >= 15 is 0 Å². The van der Waals surface area contributed by atoms with Crippen LogP contribution in [-0.4, -0.2) is 23.1 Å². The monoisotopic (exact) mass is 358 g/mol. The molecule has 2 atom stereocenters. The topological polar surface area (TPSA) is 78.4 Å². The summed E-state index contributed by atoms with van der Waals surface area (Å²) in [7, 11) is 0. The van der Waals surface area contributed by atoms with Crippen molar-refractivity contribution in [1.29, 1.82) is 0 Å². The zero-order valence-electron chi connectivity index (χ0n) is 10.3. The van der Waals surface area contributed by atoms with Crippen LogP contribution < -0.4 is 10.6 Å². The smallest absolute Gasteiger partial charge is 0.319 e. The summed E-state index contributed by atoms with van der Waals surface area (Å²) >= 11 is 9.16. The second kappa shape index (κ2) is 6.28. The van der Waals surface area contributed by atoms with Gasteiger partial charge in [-0.3, -0.25) is 4.79 Å². The highest BCUT2D eigenvalue weighted by atomic mass is 79.9. The number of amides is 2. The summed E-state index contributed by atoms with van der Waals surface area (Å²) in [4.78, 5) is 22.6. The Hall–Kier alpha value is -1.53. The number of carbonyl (C=O) groups excluding carboxylic acids is 1. The molecule has 2 amide bonds. The molecule has 7 heteroatoms. The maximum absolute atomic E-state index is 11.8. The Bertz CT molecular complexity index is 577. The van der Waals surface area contributed by atoms with Gasteiger partial charge in [0.15, 0.2) is 0 Å². The minimum absolute atomic E-state index is 0.283. The van der Waals surface area contributed by atoms with E-state index in [4.69, 9.17) is 16.7 Å². The number of nitrogens with one attached hydrogen (secondary N) is 2. The molecule has 1 aromatic carbocycles. The molecule has 0 saturated heterocycles. The number of carboxylic acid groups (broad SMARTS) is 1. The molecule has 1 aromatic rings. The summed E-state index contributed by atoms with van der Waals surface area (Å²) < 4.78 is 0.711. The lowest BCUT2D eigenvalue weighted by atomic mass is 10.1. The number of carboxylic acids is 1. The minimum Gasteiger partial charge on any atom is -0.481 e. The molecule has 0 radical (unpaired) electrons. The molecular weight excluding hydrogens is 348 g/mol. The third kappa shape index (κ3) is 3.74. The zero-order valence-corrected chi connectivity index (χ0v) is 12.6. The van der Waals surface area contributed by atoms with Crippen LogP contribution >= 0.6 is 27.5 Å². The van der Waals surface area contributed by atoms with Crippen LogP contribution in [0, 0.1) is 5.92 Å². The predicted octanol–water partition coefficient (Wildman–Crippen LogP) is 3.25. The number of hydrogen-bond donors (Lipinski definition) is 3. The average molecular weight is 360 g/mol. The normalized spacial score (nSPS) is 20.7. The fourth-order valence-corrected chi connectivity index (χ4v) is 2.43. The molecule has 0 aromatic heterocycles. The second-order valence-corrected chi connectivity index (χ2v) is 5.69. The van der Waals surface area contributed by atoms with Crippen LogP contribution in [0.15, 0.2) is 34.8 Å². The van der Waals surface area contributed by atoms with E-state index in [1.807, 2.05) is 0 Å². The molecule has 0 aliphatic heterocycles. The average Bonchev–Trinajstić information content (AvgIpc) is 2.82. The first-order valence-corrected chi connectivity index (χ1v) is 7.06. The summed E-state index contributed by atoms with van der Waals surface area (Å²) in [5.74, 6) is -1.43. The summed E-state index contributed by atoms with van der Waals surface area (Å²) in [5, 5.41) is 14.7. The van der Waals surface area contributed by atoms with Gasteiger partial charge in [-0.05, 0) is 40.5 Å². The first-order chi connectivity index (χ1) is 9.45. The van der Waals surface area contributed by atoms with Gasteiger partial charge in [0.05, 0.1) is 17.6 Å². The molecule has 106 valence electrons. The Labute approximate surface area is 129 Å². The van der Waals surface area contributed by atoms with Gasteiger partial charge >= 0.3 is 12.0 Å². The number of halogens is 2. The van der Waals surface area contributed by atoms with E-state index in [9.17, 15) is 9.59 Å². The molecular formula is C13H12BrClN2O3. The highest BCUT2D eigenvalue weighted by Gasteiger charge is 2.25. The predicted molar refractivity (Wildman–Crippen MR) is 80.0 cm³/mol. The van der Waals surface area contributed by atoms with E-state index in [-0.39, 0.29) is 6.04 Å². The van der Waals surface area contributed by atoms with Crippen molar-refractivity contribution in [1.82, 2.24) is 5.32 Å². The van der Waals surface area contributed by atoms with Crippen LogP contribution in [0.3, 0.4) is 0 Å². The van der Waals surface area contributed by atoms with Crippen molar-refractivity contribution in [2.75, 3.05) is 5.32 Å². The molecule has 0 spiro atoms. The number of urea groups is 1. The highest BCUT2D eigenvalue weighted by molar-refractivity contribution is 9.10. The van der Waals surface area contributed by atoms with Gasteiger partial charge < -0.3 is 15.7 Å². The molecule has 2 rings (SSSR count). The molecule has 0 bridgehead atoms. The number of hydrogen-bond acceptors (Lipinski definition) is 2. The lowest BCUT2D eigenvalue weighted by molar-refractivity contribution is -0.140. The number of anilines is 1. The first-order valence-electron chi connectivity index (χ1n) is 5.89. The molecule has 0 heterocycles. The van der Waals surface area contributed by atoms with Crippen LogP contribution in [0.1, 0.15) is 6.42 Å². The Balaban J connectivity index is 1.92. The van der Waals surface area contributed by atoms with Gasteiger partial charge in [-0.2, -0.15) is 0 Å². The Morgan fingerprint density at radius 2 is 2.10 bits per heavy atom. The van der Waals surface area contributed by atoms with Gasteiger partial charge in [-0.25, -0.2) is 4.79 Å². The van der Waals surface area contributed by atoms with Gasteiger partial charge in [0.1, 0.15) is 0 Å². The van der Waals surface area contributed by atoms with Gasteiger partial charge in [-0.1, -0.05) is 23.8 Å². The quantitative estimate of drug-likeness (QED) is 0.725. The summed E-state index contributed by atoms with van der Waals surface area (Å²) in [5.41, 5.74) is 0.548. The number of rotatable bonds is 3. The Kier molecular flexibility index (Phi) is 4.67. The maximum atomic E-state index is 11.8. The van der Waals surface area contributed by atoms with Gasteiger partial charge in [-0.15, -0.1) is 0 Å². The molecule has 2 unspecified atom stereocenters. The lowest BCUT2D eigenvalue weighted by Gasteiger charge is -2.14. The van der Waals surface area contributed by atoms with Gasteiger partial charge in [0, 0.05) is 9.50 Å². The van der Waals surface area contributed by atoms with Crippen molar-refractivity contribution in [3.05, 3.63) is 39.8 Å². The summed E-state index contributed by atoms with van der Waals surface area (Å²) in [6, 6.07) is 4.36. The van der Waals surface area contributed by atoms with E-state index in [0.29, 0.717) is 21.6 Å². The molecule has 1 aliphatic carbocycles. The van der Waals surface area contributed by atoms with Crippen LogP contribution in [0.4, 0.5) is 10.5 Å². The van der Waals surface area contributed by atoms with E-state index in [1.54, 1.807) is 30.4 Å². The fourth-order valence-electron chi connectivity index (χ4n) is 1.91. The summed E-state index contributed by atoms with van der Waals surface area (Å²) in [6.07, 6.45) is 3.63. The zero-order chi connectivity index (χ0) is 14.7. The van der Waals surface area contributed by atoms with Crippen LogP contribution in [0.2, 0.25) is 5.02 Å². The molecule has 3 N–H and O–H groups in total. The van der Waals surface area contributed by atoms with Crippen molar-refractivity contribution in [2.45, 2.75) is 12.5 Å². The number of aliphatic carboxylic acids is 1. The number of carbonyl (C=O) groups is 2. The Morgan fingerprint density at radius 3 is 2.75 bits per heavy atom. The first kappa shape index (κ1) is 14.9. The van der Waals surface area contributed by atoms with Crippen LogP contribution in [-0.2, 0) is 4.79 Å². The second-order valence-electron chi connectivity index (χ2n) is 4.39. The van der Waals surface area contributed by atoms with Crippen molar-refractivity contribution < 1.29 is 14.7 Å². The van der Waals surface area contributed by atoms with E-state index in [1.165, 1.54) is 0 Å². The maximum Gasteiger partial charge on any atom is 0.319 e. The summed E-state index contributed by atoms with van der Waals surface area (Å²) in [6.45, 7) is 0. The molecule has 20 heavy (non-hydrogen) atoms. The fraction of sp³-hybridized carbons (Fsp3) is 0.231. The van der Waals surface area contributed by atoms with E-state index < -0.39 is 17.9 Å². The third-order valence-corrected chi connectivity index (χ3v) is 3.82. The van der Waals surface area contributed by atoms with Crippen molar-refractivity contribution >= 4 is 45.2 Å². The van der Waals surface area contributed by atoms with Crippen molar-refractivity contribution in [3.63, 3.8) is 0 Å². The van der Waals surface area contributed by atoms with E-state index in [0.717, 1.165) is 0 Å². The SMILES string of the molecule is O=C(Nc1cc(Cl)ccc1Br)NC1C=CC(C(=O)O)C1. The van der Waals surface area contributed by atoms with Crippen LogP contribution in [0.25, 0.3) is 0 Å². The van der Waals surface area contributed by atoms with Gasteiger partial charge in [0.25, 0.3) is 0 Å². The largest absolute Gasteiger partial charge is 0.481 e. The third-order valence-electron chi connectivity index (χ3n) is 2.89. The minimum atomic E-state index is -0.886. The number of benzene rings is 1. The molecule has 5 nitrogen and oxygen atoms in total. The van der Waals surface area contributed by atoms with Gasteiger partial charge in [0.2, 0.25) is 0 Å². The standard InChI is InChI=1S/C13H12BrClN2O3/c14-10-4-2-8(15)6-11(10)17-13(20)16-9-3-1-7(5-9)12(18)19/h1-4,6-7,9H,5H2,(H,18,19)(H2,16,17,20). The molecule has 1 aliphatic rings.